The van der Waals surface area contributed by atoms with Crippen molar-refractivity contribution in [2.45, 2.75) is 20.3 Å². The number of nitrogens with one attached hydrogen (secondary N) is 2. The van der Waals surface area contributed by atoms with Crippen LogP contribution in [-0.4, -0.2) is 16.7 Å². The molecule has 25 heavy (non-hydrogen) atoms. The number of aromatic nitrogens is 2. The maximum atomic E-state index is 13.3. The van der Waals surface area contributed by atoms with Crippen molar-refractivity contribution < 1.29 is 4.39 Å². The van der Waals surface area contributed by atoms with Crippen molar-refractivity contribution >= 4 is 11.3 Å². The largest absolute Gasteiger partial charge is 0.384 e. The van der Waals surface area contributed by atoms with Gasteiger partial charge < -0.3 is 5.32 Å². The first-order valence-corrected chi connectivity index (χ1v) is 8.32. The normalized spacial score (nSPS) is 10.7. The molecule has 4 heteroatoms. The molecule has 0 aliphatic heterocycles. The summed E-state index contributed by atoms with van der Waals surface area (Å²) in [5.74, 6) is -0.197. The van der Waals surface area contributed by atoms with Gasteiger partial charge >= 0.3 is 0 Å². The van der Waals surface area contributed by atoms with Gasteiger partial charge in [0.05, 0.1) is 6.20 Å². The number of H-pyrrole nitrogens is 1. The summed E-state index contributed by atoms with van der Waals surface area (Å²) in [4.78, 5) is 0. The number of anilines is 1. The zero-order chi connectivity index (χ0) is 17.8. The number of allylic oxidation sites excluding steroid dienone is 1. The van der Waals surface area contributed by atoms with Crippen LogP contribution in [0.4, 0.5) is 10.1 Å². The first-order valence-electron chi connectivity index (χ1n) is 8.32. The van der Waals surface area contributed by atoms with Gasteiger partial charge in [-0.05, 0) is 66.8 Å². The van der Waals surface area contributed by atoms with Gasteiger partial charge in [-0.1, -0.05) is 18.7 Å². The molecule has 3 aromatic rings. The lowest BCUT2D eigenvalue weighted by Crippen LogP contribution is -2.07. The van der Waals surface area contributed by atoms with Crippen molar-refractivity contribution in [2.75, 3.05) is 11.9 Å². The molecule has 0 saturated heterocycles. The molecule has 1 aromatic heterocycles. The molecule has 1 heterocycles. The smallest absolute Gasteiger partial charge is 0.123 e. The molecular formula is C21H22FN3. The van der Waals surface area contributed by atoms with E-state index in [4.69, 9.17) is 0 Å². The summed E-state index contributed by atoms with van der Waals surface area (Å²) in [5.41, 5.74) is 7.48. The number of aromatic amines is 1. The molecule has 2 aromatic carbocycles. The number of aryl methyl sites for hydroxylation is 1. The summed E-state index contributed by atoms with van der Waals surface area (Å²) in [5, 5.41) is 10.4. The average molecular weight is 335 g/mol. The first-order chi connectivity index (χ1) is 12.0. The molecule has 3 nitrogen and oxygen atoms in total. The number of hydrogen-bond acceptors (Lipinski definition) is 2. The molecule has 3 rings (SSSR count). The van der Waals surface area contributed by atoms with Crippen LogP contribution in [0, 0.1) is 12.7 Å². The Morgan fingerprint density at radius 2 is 2.12 bits per heavy atom. The van der Waals surface area contributed by atoms with Crippen LogP contribution in [0.3, 0.4) is 0 Å². The summed E-state index contributed by atoms with van der Waals surface area (Å²) < 4.78 is 13.3. The lowest BCUT2D eigenvalue weighted by Gasteiger charge is -2.16. The van der Waals surface area contributed by atoms with E-state index < -0.39 is 0 Å². The zero-order valence-corrected chi connectivity index (χ0v) is 14.6. The van der Waals surface area contributed by atoms with E-state index in [-0.39, 0.29) is 5.82 Å². The van der Waals surface area contributed by atoms with Crippen molar-refractivity contribution in [1.82, 2.24) is 10.2 Å². The Labute approximate surface area is 147 Å². The molecule has 0 spiro atoms. The predicted molar refractivity (Wildman–Crippen MR) is 102 cm³/mol. The maximum Gasteiger partial charge on any atom is 0.123 e. The molecule has 0 aliphatic carbocycles. The van der Waals surface area contributed by atoms with Gasteiger partial charge in [0.25, 0.3) is 0 Å². The third-order valence-electron chi connectivity index (χ3n) is 4.25. The molecule has 0 radical (unpaired) electrons. The number of rotatable bonds is 6. The second-order valence-electron chi connectivity index (χ2n) is 6.29. The quantitative estimate of drug-likeness (QED) is 0.649. The number of halogens is 1. The van der Waals surface area contributed by atoms with E-state index >= 15 is 0 Å². The molecule has 0 aliphatic rings. The summed E-state index contributed by atoms with van der Waals surface area (Å²) in [6.45, 7) is 8.90. The highest BCUT2D eigenvalue weighted by molar-refractivity contribution is 5.81. The van der Waals surface area contributed by atoms with Crippen LogP contribution in [0.2, 0.25) is 0 Å². The Morgan fingerprint density at radius 3 is 2.80 bits per heavy atom. The third kappa shape index (κ3) is 3.97. The van der Waals surface area contributed by atoms with E-state index in [0.717, 1.165) is 46.5 Å². The first kappa shape index (κ1) is 17.0. The Balaban J connectivity index is 1.83. The second-order valence-corrected chi connectivity index (χ2v) is 6.29. The Morgan fingerprint density at radius 1 is 1.28 bits per heavy atom. The highest BCUT2D eigenvalue weighted by atomic mass is 19.1. The molecule has 128 valence electrons. The lowest BCUT2D eigenvalue weighted by atomic mass is 9.96. The topological polar surface area (TPSA) is 40.7 Å². The highest BCUT2D eigenvalue weighted by Gasteiger charge is 2.10. The van der Waals surface area contributed by atoms with Gasteiger partial charge in [-0.3, -0.25) is 5.10 Å². The monoisotopic (exact) mass is 335 g/mol. The van der Waals surface area contributed by atoms with Gasteiger partial charge in [0.1, 0.15) is 5.82 Å². The van der Waals surface area contributed by atoms with E-state index in [9.17, 15) is 4.39 Å². The van der Waals surface area contributed by atoms with E-state index in [0.29, 0.717) is 0 Å². The highest BCUT2D eigenvalue weighted by Crippen LogP contribution is 2.32. The van der Waals surface area contributed by atoms with E-state index in [1.54, 1.807) is 12.1 Å². The molecule has 0 unspecified atom stereocenters. The number of hydrogen-bond donors (Lipinski definition) is 2. The van der Waals surface area contributed by atoms with Crippen LogP contribution in [0.25, 0.3) is 16.7 Å². The van der Waals surface area contributed by atoms with Gasteiger partial charge in [-0.25, -0.2) is 4.39 Å². The Kier molecular flexibility index (Phi) is 4.98. The number of nitrogens with zero attached hydrogens (tertiary/aromatic N) is 1. The fourth-order valence-corrected chi connectivity index (χ4v) is 2.95. The fourth-order valence-electron chi connectivity index (χ4n) is 2.95. The average Bonchev–Trinajstić information content (AvgIpc) is 3.10. The molecular weight excluding hydrogens is 313 g/mol. The van der Waals surface area contributed by atoms with Crippen LogP contribution in [0.5, 0.6) is 0 Å². The van der Waals surface area contributed by atoms with E-state index in [1.165, 1.54) is 11.6 Å². The molecule has 2 N–H and O–H groups in total. The van der Waals surface area contributed by atoms with Gasteiger partial charge in [-0.2, -0.15) is 5.10 Å². The van der Waals surface area contributed by atoms with Crippen LogP contribution >= 0.6 is 0 Å². The standard InChI is InChI=1S/C21H22FN3/c1-14(2)19-9-15(3)20(17-12-24-25-13-17)11-21(19)23-8-7-16-5-4-6-18(22)10-16/h4-6,9-13,23H,1,7-8H2,2-3H3,(H,24,25). The van der Waals surface area contributed by atoms with Crippen LogP contribution < -0.4 is 5.32 Å². The van der Waals surface area contributed by atoms with Crippen molar-refractivity contribution in [2.24, 2.45) is 0 Å². The Bertz CT molecular complexity index is 882. The van der Waals surface area contributed by atoms with Crippen molar-refractivity contribution in [3.8, 4) is 11.1 Å². The zero-order valence-electron chi connectivity index (χ0n) is 14.6. The summed E-state index contributed by atoms with van der Waals surface area (Å²) >= 11 is 0. The SMILES string of the molecule is C=C(C)c1cc(C)c(-c2cn[nH]c2)cc1NCCc1cccc(F)c1. The van der Waals surface area contributed by atoms with Gasteiger partial charge in [0.15, 0.2) is 0 Å². The lowest BCUT2D eigenvalue weighted by molar-refractivity contribution is 0.625. The fraction of sp³-hybridized carbons (Fsp3) is 0.190. The number of benzene rings is 2. The van der Waals surface area contributed by atoms with Crippen molar-refractivity contribution in [3.63, 3.8) is 0 Å². The van der Waals surface area contributed by atoms with Crippen molar-refractivity contribution in [3.05, 3.63) is 77.9 Å². The maximum absolute atomic E-state index is 13.3. The van der Waals surface area contributed by atoms with Crippen LogP contribution in [-0.2, 0) is 6.42 Å². The third-order valence-corrected chi connectivity index (χ3v) is 4.25. The molecule has 0 amide bonds. The minimum atomic E-state index is -0.197. The molecule has 0 fully saturated rings. The minimum Gasteiger partial charge on any atom is -0.384 e. The van der Waals surface area contributed by atoms with E-state index in [2.05, 4.69) is 41.1 Å². The van der Waals surface area contributed by atoms with Gasteiger partial charge in [-0.15, -0.1) is 0 Å². The van der Waals surface area contributed by atoms with Crippen LogP contribution in [0.1, 0.15) is 23.6 Å². The van der Waals surface area contributed by atoms with Crippen LogP contribution in [0.15, 0.2) is 55.4 Å². The summed E-state index contributed by atoms with van der Waals surface area (Å²) in [6, 6.07) is 11.0. The molecule has 0 saturated carbocycles. The van der Waals surface area contributed by atoms with E-state index in [1.807, 2.05) is 25.4 Å². The molecule has 0 atom stereocenters. The molecule has 0 bridgehead atoms. The summed E-state index contributed by atoms with van der Waals surface area (Å²) in [6.07, 6.45) is 4.46. The van der Waals surface area contributed by atoms with Crippen molar-refractivity contribution in [1.29, 1.82) is 0 Å². The Hall–Kier alpha value is -2.88. The van der Waals surface area contributed by atoms with Gasteiger partial charge in [0, 0.05) is 29.6 Å². The summed E-state index contributed by atoms with van der Waals surface area (Å²) in [7, 11) is 0. The predicted octanol–water partition coefficient (Wildman–Crippen LogP) is 5.21. The minimum absolute atomic E-state index is 0.197. The second kappa shape index (κ2) is 7.34. The van der Waals surface area contributed by atoms with Gasteiger partial charge in [0.2, 0.25) is 0 Å².